The fourth-order valence-electron chi connectivity index (χ4n) is 7.20. The molecule has 3 heterocycles. The van der Waals surface area contributed by atoms with Crippen molar-refractivity contribution < 1.29 is 35.3 Å². The first-order chi connectivity index (χ1) is 23.3. The van der Waals surface area contributed by atoms with Crippen molar-refractivity contribution in [3.63, 3.8) is 0 Å². The van der Waals surface area contributed by atoms with Gasteiger partial charge in [-0.1, -0.05) is 11.2 Å². The summed E-state index contributed by atoms with van der Waals surface area (Å²) in [6.07, 6.45) is 2.67. The molecule has 2 N–H and O–H groups in total. The Kier molecular flexibility index (Phi) is 8.01. The van der Waals surface area contributed by atoms with E-state index in [0.29, 0.717) is 42.9 Å². The van der Waals surface area contributed by atoms with Gasteiger partial charge in [0.15, 0.2) is 5.82 Å². The molecule has 2 aliphatic heterocycles. The minimum atomic E-state index is -4.14. The molecule has 1 saturated heterocycles. The van der Waals surface area contributed by atoms with E-state index in [1.54, 1.807) is 36.1 Å². The summed E-state index contributed by atoms with van der Waals surface area (Å²) in [7, 11) is -8.19. The largest absolute Gasteiger partial charge is 0.360 e. The Labute approximate surface area is 283 Å². The van der Waals surface area contributed by atoms with Crippen LogP contribution in [-0.4, -0.2) is 57.8 Å². The number of hydrogen-bond donors (Lipinski definition) is 2. The standard InChI is InChI=1S/C34H34FN5O7S2/c1-21-18-31(37-47-21)38-48(43,44)28-5-3-4-26(20-28)36-33(42)24-8-13-30-29(19-24)34(14-16-39(17-15-34)22(2)41)32(23-6-7-23)40(30)49(45,46)27-11-9-25(35)10-12-27/h3-5,8-13,18-20,23,32H,6-7,14-17H2,1-2H3,(H,36,42)(H,37,38). The van der Waals surface area contributed by atoms with Gasteiger partial charge in [-0.2, -0.15) is 0 Å². The number of likely N-dealkylation sites (tertiary alicyclic amines) is 1. The van der Waals surface area contributed by atoms with Crippen LogP contribution in [0.25, 0.3) is 0 Å². The van der Waals surface area contributed by atoms with E-state index in [9.17, 15) is 30.8 Å². The highest BCUT2D eigenvalue weighted by Crippen LogP contribution is 2.59. The van der Waals surface area contributed by atoms with Crippen LogP contribution >= 0.6 is 0 Å². The number of fused-ring (bicyclic) bond motifs is 2. The lowest BCUT2D eigenvalue weighted by molar-refractivity contribution is -0.130. The van der Waals surface area contributed by atoms with Gasteiger partial charge >= 0.3 is 0 Å². The molecule has 3 aromatic carbocycles. The molecule has 0 radical (unpaired) electrons. The van der Waals surface area contributed by atoms with E-state index in [1.807, 2.05) is 0 Å². The van der Waals surface area contributed by atoms with E-state index >= 15 is 0 Å². The second kappa shape index (κ2) is 12.0. The van der Waals surface area contributed by atoms with Gasteiger partial charge in [0.05, 0.1) is 21.5 Å². The van der Waals surface area contributed by atoms with Crippen molar-refractivity contribution in [3.8, 4) is 0 Å². The first-order valence-corrected chi connectivity index (χ1v) is 18.8. The van der Waals surface area contributed by atoms with Crippen molar-refractivity contribution in [2.45, 2.75) is 60.8 Å². The maximum atomic E-state index is 14.3. The van der Waals surface area contributed by atoms with Gasteiger partial charge in [0, 0.05) is 42.7 Å². The molecule has 1 aromatic heterocycles. The second-order valence-electron chi connectivity index (χ2n) is 12.8. The summed E-state index contributed by atoms with van der Waals surface area (Å²) in [5.74, 6) is -0.602. The van der Waals surface area contributed by atoms with Crippen molar-refractivity contribution in [2.75, 3.05) is 27.4 Å². The molecule has 15 heteroatoms. The molecule has 1 aliphatic carbocycles. The molecule has 2 amide bonds. The number of hydrogen-bond acceptors (Lipinski definition) is 8. The zero-order valence-corrected chi connectivity index (χ0v) is 28.4. The molecule has 1 atom stereocenters. The summed E-state index contributed by atoms with van der Waals surface area (Å²) in [4.78, 5) is 27.6. The van der Waals surface area contributed by atoms with Gasteiger partial charge in [-0.15, -0.1) is 0 Å². The lowest BCUT2D eigenvalue weighted by atomic mass is 9.68. The molecule has 49 heavy (non-hydrogen) atoms. The lowest BCUT2D eigenvalue weighted by Gasteiger charge is -2.45. The predicted molar refractivity (Wildman–Crippen MR) is 179 cm³/mol. The predicted octanol–water partition coefficient (Wildman–Crippen LogP) is 5.04. The van der Waals surface area contributed by atoms with E-state index in [-0.39, 0.29) is 38.7 Å². The van der Waals surface area contributed by atoms with Crippen LogP contribution < -0.4 is 14.3 Å². The molecule has 0 bridgehead atoms. The van der Waals surface area contributed by atoms with Gasteiger partial charge < -0.3 is 14.7 Å². The minimum absolute atomic E-state index is 0.0214. The number of carbonyl (C=O) groups excluding carboxylic acids is 2. The van der Waals surface area contributed by atoms with Crippen LogP contribution in [0, 0.1) is 18.7 Å². The number of rotatable bonds is 8. The molecule has 7 rings (SSSR count). The highest BCUT2D eigenvalue weighted by molar-refractivity contribution is 7.93. The van der Waals surface area contributed by atoms with E-state index in [4.69, 9.17) is 4.52 Å². The Balaban J connectivity index is 1.24. The number of nitrogens with one attached hydrogen (secondary N) is 2. The van der Waals surface area contributed by atoms with Gasteiger partial charge in [0.25, 0.3) is 26.0 Å². The number of anilines is 3. The number of halogens is 1. The number of carbonyl (C=O) groups is 2. The van der Waals surface area contributed by atoms with Crippen LogP contribution in [0.4, 0.5) is 21.6 Å². The van der Waals surface area contributed by atoms with Crippen molar-refractivity contribution in [3.05, 3.63) is 95.5 Å². The summed E-state index contributed by atoms with van der Waals surface area (Å²) < 4.78 is 77.2. The molecule has 1 unspecified atom stereocenters. The van der Waals surface area contributed by atoms with Crippen molar-refractivity contribution >= 4 is 49.1 Å². The zero-order valence-electron chi connectivity index (χ0n) is 26.7. The Bertz CT molecular complexity index is 2180. The van der Waals surface area contributed by atoms with Crippen LogP contribution in [-0.2, 0) is 30.3 Å². The van der Waals surface area contributed by atoms with Crippen LogP contribution in [0.2, 0.25) is 0 Å². The number of sulfonamides is 2. The number of piperidine rings is 1. The van der Waals surface area contributed by atoms with E-state index < -0.39 is 43.2 Å². The third-order valence-corrected chi connectivity index (χ3v) is 12.8. The summed E-state index contributed by atoms with van der Waals surface area (Å²) >= 11 is 0. The third kappa shape index (κ3) is 5.94. The third-order valence-electron chi connectivity index (χ3n) is 9.66. The van der Waals surface area contributed by atoms with E-state index in [0.717, 1.165) is 25.0 Å². The fraction of sp³-hybridized carbons (Fsp3) is 0.324. The number of benzene rings is 3. The molecule has 1 saturated carbocycles. The molecule has 4 aromatic rings. The molecule has 256 valence electrons. The van der Waals surface area contributed by atoms with Crippen molar-refractivity contribution in [1.29, 1.82) is 0 Å². The summed E-state index contributed by atoms with van der Waals surface area (Å²) in [5.41, 5.74) is 0.966. The normalized spacial score (nSPS) is 18.7. The van der Waals surface area contributed by atoms with E-state index in [2.05, 4.69) is 15.2 Å². The van der Waals surface area contributed by atoms with Crippen LogP contribution in [0.15, 0.2) is 87.1 Å². The maximum Gasteiger partial charge on any atom is 0.264 e. The topological polar surface area (TPSA) is 159 Å². The maximum absolute atomic E-state index is 14.3. The Morgan fingerprint density at radius 3 is 2.29 bits per heavy atom. The number of aromatic nitrogens is 1. The lowest BCUT2D eigenvalue weighted by Crippen LogP contribution is -2.54. The summed E-state index contributed by atoms with van der Waals surface area (Å²) in [5, 5.41) is 6.44. The van der Waals surface area contributed by atoms with Crippen LogP contribution in [0.3, 0.4) is 0 Å². The Hall–Kier alpha value is -4.76. The quantitative estimate of drug-likeness (QED) is 0.258. The highest BCUT2D eigenvalue weighted by Gasteiger charge is 2.60. The van der Waals surface area contributed by atoms with E-state index in [1.165, 1.54) is 47.6 Å². The van der Waals surface area contributed by atoms with Gasteiger partial charge in [0.2, 0.25) is 5.91 Å². The highest BCUT2D eigenvalue weighted by atomic mass is 32.2. The molecular weight excluding hydrogens is 674 g/mol. The fourth-order valence-corrected chi connectivity index (χ4v) is 10.0. The molecule has 12 nitrogen and oxygen atoms in total. The van der Waals surface area contributed by atoms with Gasteiger partial charge in [0.1, 0.15) is 11.6 Å². The van der Waals surface area contributed by atoms with Crippen LogP contribution in [0.1, 0.15) is 54.3 Å². The van der Waals surface area contributed by atoms with Gasteiger partial charge in [-0.3, -0.25) is 18.6 Å². The van der Waals surface area contributed by atoms with Gasteiger partial charge in [-0.25, -0.2) is 21.2 Å². The Morgan fingerprint density at radius 1 is 0.939 bits per heavy atom. The number of nitrogens with zero attached hydrogens (tertiary/aromatic N) is 3. The van der Waals surface area contributed by atoms with Crippen LogP contribution in [0.5, 0.6) is 0 Å². The smallest absolute Gasteiger partial charge is 0.264 e. The van der Waals surface area contributed by atoms with Gasteiger partial charge in [-0.05, 0) is 105 Å². The first kappa shape index (κ1) is 32.8. The second-order valence-corrected chi connectivity index (χ2v) is 16.3. The SMILES string of the molecule is CC(=O)N1CCC2(CC1)c1cc(C(=O)Nc3cccc(S(=O)(=O)Nc4cc(C)on4)c3)ccc1N(S(=O)(=O)c1ccc(F)cc1)C2C1CC1. The molecular formula is C34H34FN5O7S2. The minimum Gasteiger partial charge on any atom is -0.360 e. The molecule has 2 fully saturated rings. The van der Waals surface area contributed by atoms with Crippen molar-refractivity contribution in [1.82, 2.24) is 10.1 Å². The average molecular weight is 708 g/mol. The average Bonchev–Trinajstić information content (AvgIpc) is 3.77. The number of aryl methyl sites for hydroxylation is 1. The molecule has 3 aliphatic rings. The Morgan fingerprint density at radius 2 is 1.65 bits per heavy atom. The number of amides is 2. The molecule has 1 spiro atoms. The van der Waals surface area contributed by atoms with Crippen molar-refractivity contribution in [2.24, 2.45) is 5.92 Å². The first-order valence-electron chi connectivity index (χ1n) is 15.9. The summed E-state index contributed by atoms with van der Waals surface area (Å²) in [6.45, 7) is 4.01. The zero-order chi connectivity index (χ0) is 34.7. The monoisotopic (exact) mass is 707 g/mol. The summed E-state index contributed by atoms with van der Waals surface area (Å²) in [6, 6.07) is 16.4.